The first-order valence-corrected chi connectivity index (χ1v) is 10.5. The van der Waals surface area contributed by atoms with E-state index in [-0.39, 0.29) is 12.5 Å². The fourth-order valence-corrected chi connectivity index (χ4v) is 3.50. The first kappa shape index (κ1) is 20.9. The first-order valence-electron chi connectivity index (χ1n) is 10.1. The lowest BCUT2D eigenvalue weighted by Gasteiger charge is -2.36. The molecule has 31 heavy (non-hydrogen) atoms. The zero-order valence-electron chi connectivity index (χ0n) is 17.1. The zero-order chi connectivity index (χ0) is 21.6. The molecule has 1 N–H and O–H groups in total. The van der Waals surface area contributed by atoms with E-state index in [2.05, 4.69) is 25.3 Å². The Labute approximate surface area is 184 Å². The molecule has 1 saturated heterocycles. The molecule has 1 aliphatic heterocycles. The zero-order valence-corrected chi connectivity index (χ0v) is 17.9. The Kier molecular flexibility index (Phi) is 6.51. The number of halogens is 1. The number of furan rings is 1. The van der Waals surface area contributed by atoms with E-state index in [9.17, 15) is 4.79 Å². The maximum Gasteiger partial charge on any atom is 0.289 e. The molecule has 1 amide bonds. The highest BCUT2D eigenvalue weighted by molar-refractivity contribution is 6.30. The van der Waals surface area contributed by atoms with Crippen LogP contribution in [0.4, 0.5) is 0 Å². The highest BCUT2D eigenvalue weighted by Gasteiger charge is 2.25. The van der Waals surface area contributed by atoms with Crippen LogP contribution in [-0.4, -0.2) is 64.5 Å². The van der Waals surface area contributed by atoms with Gasteiger partial charge in [0.25, 0.3) is 5.91 Å². The lowest BCUT2D eigenvalue weighted by atomic mass is 10.2. The molecule has 0 saturated carbocycles. The number of aliphatic imine (C=N–C) groups is 1. The van der Waals surface area contributed by atoms with Gasteiger partial charge in [0.1, 0.15) is 6.54 Å². The lowest BCUT2D eigenvalue weighted by Crippen LogP contribution is -2.53. The number of nitrogens with zero attached hydrogens (tertiary/aromatic N) is 5. The number of amides is 1. The van der Waals surface area contributed by atoms with Crippen molar-refractivity contribution in [1.82, 2.24) is 25.3 Å². The Morgan fingerprint density at radius 1 is 1.19 bits per heavy atom. The maximum atomic E-state index is 12.4. The molecule has 2 aromatic heterocycles. The minimum absolute atomic E-state index is 0.0917. The number of guanidine groups is 1. The van der Waals surface area contributed by atoms with Crippen LogP contribution in [0.1, 0.15) is 23.4 Å². The van der Waals surface area contributed by atoms with Crippen molar-refractivity contribution in [2.45, 2.75) is 13.5 Å². The highest BCUT2D eigenvalue weighted by Crippen LogP contribution is 2.20. The van der Waals surface area contributed by atoms with E-state index >= 15 is 0 Å². The quantitative estimate of drug-likeness (QED) is 0.479. The molecule has 162 valence electrons. The molecule has 0 aliphatic carbocycles. The molecule has 0 radical (unpaired) electrons. The van der Waals surface area contributed by atoms with Gasteiger partial charge in [0.2, 0.25) is 11.7 Å². The van der Waals surface area contributed by atoms with Crippen LogP contribution in [0.25, 0.3) is 11.4 Å². The highest BCUT2D eigenvalue weighted by atomic mass is 35.5. The first-order chi connectivity index (χ1) is 15.1. The van der Waals surface area contributed by atoms with E-state index in [1.54, 1.807) is 29.2 Å². The van der Waals surface area contributed by atoms with Crippen molar-refractivity contribution in [2.75, 3.05) is 32.7 Å². The number of carbonyl (C=O) groups excluding carboxylic acids is 1. The summed E-state index contributed by atoms with van der Waals surface area (Å²) in [5.74, 6) is 1.90. The summed E-state index contributed by atoms with van der Waals surface area (Å²) in [5, 5.41) is 7.92. The van der Waals surface area contributed by atoms with Crippen LogP contribution in [0, 0.1) is 0 Å². The summed E-state index contributed by atoms with van der Waals surface area (Å²) in [6.07, 6.45) is 1.51. The molecule has 1 aliphatic rings. The molecule has 1 aromatic carbocycles. The van der Waals surface area contributed by atoms with Crippen LogP contribution in [0.15, 0.2) is 56.6 Å². The number of hydrogen-bond donors (Lipinski definition) is 1. The summed E-state index contributed by atoms with van der Waals surface area (Å²) in [4.78, 5) is 25.4. The standard InChI is InChI=1S/C21H23ClN6O3/c1-2-23-21(28-10-8-27(9-11-28)20(29)17-7-4-12-30-17)24-14-18-25-19(26-31-18)15-5-3-6-16(22)13-15/h3-7,12-13H,2,8-11,14H2,1H3,(H,23,24). The smallest absolute Gasteiger partial charge is 0.289 e. The summed E-state index contributed by atoms with van der Waals surface area (Å²) in [6, 6.07) is 10.7. The minimum atomic E-state index is -0.0917. The van der Waals surface area contributed by atoms with E-state index in [1.807, 2.05) is 19.1 Å². The van der Waals surface area contributed by atoms with Crippen LogP contribution in [0.2, 0.25) is 5.02 Å². The molecular formula is C21H23ClN6O3. The number of rotatable bonds is 5. The molecule has 1 fully saturated rings. The van der Waals surface area contributed by atoms with Crippen molar-refractivity contribution in [2.24, 2.45) is 4.99 Å². The largest absolute Gasteiger partial charge is 0.459 e. The maximum absolute atomic E-state index is 12.4. The van der Waals surface area contributed by atoms with Gasteiger partial charge >= 0.3 is 0 Å². The van der Waals surface area contributed by atoms with E-state index in [1.165, 1.54) is 6.26 Å². The Hall–Kier alpha value is -3.33. The molecule has 0 bridgehead atoms. The number of carbonyl (C=O) groups is 1. The Bertz CT molecular complexity index is 1040. The third kappa shape index (κ3) is 5.05. The normalized spacial score (nSPS) is 14.7. The number of benzene rings is 1. The number of piperazine rings is 1. The van der Waals surface area contributed by atoms with Crippen molar-refractivity contribution in [3.63, 3.8) is 0 Å². The van der Waals surface area contributed by atoms with Crippen molar-refractivity contribution >= 4 is 23.5 Å². The number of aromatic nitrogens is 2. The van der Waals surface area contributed by atoms with E-state index < -0.39 is 0 Å². The molecule has 4 rings (SSSR count). The van der Waals surface area contributed by atoms with Gasteiger partial charge in [0.05, 0.1) is 6.26 Å². The van der Waals surface area contributed by atoms with Gasteiger partial charge in [-0.05, 0) is 31.2 Å². The minimum Gasteiger partial charge on any atom is -0.459 e. The summed E-state index contributed by atoms with van der Waals surface area (Å²) in [7, 11) is 0. The Morgan fingerprint density at radius 2 is 2.00 bits per heavy atom. The summed E-state index contributed by atoms with van der Waals surface area (Å²) < 4.78 is 10.6. The Morgan fingerprint density at radius 3 is 2.71 bits per heavy atom. The van der Waals surface area contributed by atoms with Gasteiger partial charge in [-0.2, -0.15) is 4.98 Å². The van der Waals surface area contributed by atoms with Crippen LogP contribution in [0.3, 0.4) is 0 Å². The topological polar surface area (TPSA) is 100 Å². The van der Waals surface area contributed by atoms with Crippen molar-refractivity contribution < 1.29 is 13.7 Å². The van der Waals surface area contributed by atoms with Gasteiger partial charge in [-0.25, -0.2) is 4.99 Å². The van der Waals surface area contributed by atoms with Crippen LogP contribution < -0.4 is 5.32 Å². The van der Waals surface area contributed by atoms with Gasteiger partial charge in [-0.15, -0.1) is 0 Å². The van der Waals surface area contributed by atoms with Crippen molar-refractivity contribution in [3.05, 3.63) is 59.3 Å². The van der Waals surface area contributed by atoms with Crippen LogP contribution in [0.5, 0.6) is 0 Å². The second-order valence-electron chi connectivity index (χ2n) is 6.95. The van der Waals surface area contributed by atoms with Gasteiger partial charge < -0.3 is 24.1 Å². The number of nitrogens with one attached hydrogen (secondary N) is 1. The van der Waals surface area contributed by atoms with Crippen LogP contribution >= 0.6 is 11.6 Å². The lowest BCUT2D eigenvalue weighted by molar-refractivity contribution is 0.0657. The predicted octanol–water partition coefficient (Wildman–Crippen LogP) is 2.91. The average molecular weight is 443 g/mol. The SMILES string of the molecule is CCNC(=NCc1nc(-c2cccc(Cl)c2)no1)N1CCN(C(=O)c2ccco2)CC1. The molecular weight excluding hydrogens is 420 g/mol. The fraction of sp³-hybridized carbons (Fsp3) is 0.333. The predicted molar refractivity (Wildman–Crippen MR) is 116 cm³/mol. The monoisotopic (exact) mass is 442 g/mol. The summed E-state index contributed by atoms with van der Waals surface area (Å²) in [5.41, 5.74) is 0.788. The molecule has 9 nitrogen and oxygen atoms in total. The molecule has 10 heteroatoms. The molecule has 3 heterocycles. The van der Waals surface area contributed by atoms with E-state index in [4.69, 9.17) is 20.5 Å². The third-order valence-corrected chi connectivity index (χ3v) is 5.08. The van der Waals surface area contributed by atoms with Crippen molar-refractivity contribution in [1.29, 1.82) is 0 Å². The van der Waals surface area contributed by atoms with Crippen molar-refractivity contribution in [3.8, 4) is 11.4 Å². The van der Waals surface area contributed by atoms with Crippen LogP contribution in [-0.2, 0) is 6.54 Å². The second kappa shape index (κ2) is 9.65. The summed E-state index contributed by atoms with van der Waals surface area (Å²) >= 11 is 6.03. The fourth-order valence-electron chi connectivity index (χ4n) is 3.31. The summed E-state index contributed by atoms with van der Waals surface area (Å²) in [6.45, 7) is 5.48. The Balaban J connectivity index is 1.38. The van der Waals surface area contributed by atoms with Gasteiger partial charge in [-0.1, -0.05) is 28.9 Å². The number of hydrogen-bond acceptors (Lipinski definition) is 6. The second-order valence-corrected chi connectivity index (χ2v) is 7.39. The third-order valence-electron chi connectivity index (χ3n) is 4.85. The average Bonchev–Trinajstić information content (AvgIpc) is 3.49. The molecule has 0 unspecified atom stereocenters. The molecule has 3 aromatic rings. The van der Waals surface area contributed by atoms with E-state index in [0.717, 1.165) is 18.1 Å². The van der Waals surface area contributed by atoms with Gasteiger partial charge in [-0.3, -0.25) is 4.79 Å². The van der Waals surface area contributed by atoms with Gasteiger partial charge in [0, 0.05) is 43.3 Å². The van der Waals surface area contributed by atoms with E-state index in [0.29, 0.717) is 48.7 Å². The molecule has 0 spiro atoms. The van der Waals surface area contributed by atoms with Gasteiger partial charge in [0.15, 0.2) is 11.7 Å². The molecule has 0 atom stereocenters.